The molecular formula is C26H25F2N7O4S. The second-order valence-corrected chi connectivity index (χ2v) is 10.3. The highest BCUT2D eigenvalue weighted by molar-refractivity contribution is 7.15. The third-order valence-corrected chi connectivity index (χ3v) is 7.27. The Morgan fingerprint density at radius 1 is 1.27 bits per heavy atom. The van der Waals surface area contributed by atoms with Gasteiger partial charge >= 0.3 is 0 Å². The van der Waals surface area contributed by atoms with Gasteiger partial charge in [-0.2, -0.15) is 0 Å². The number of piperazine rings is 1. The molecule has 2 aliphatic heterocycles. The number of hydrogen-bond donors (Lipinski definition) is 2. The Morgan fingerprint density at radius 2 is 2.08 bits per heavy atom. The number of carbonyl (C=O) groups is 3. The average Bonchev–Trinajstić information content (AvgIpc) is 3.68. The molecule has 11 nitrogen and oxygen atoms in total. The number of nitrogens with one attached hydrogen (secondary N) is 2. The number of methoxy groups -OCH3 is 1. The van der Waals surface area contributed by atoms with Crippen molar-refractivity contribution in [3.63, 3.8) is 0 Å². The summed E-state index contributed by atoms with van der Waals surface area (Å²) in [6, 6.07) is 1.16. The van der Waals surface area contributed by atoms with E-state index >= 15 is 0 Å². The van der Waals surface area contributed by atoms with Crippen LogP contribution in [-0.2, 0) is 14.4 Å². The van der Waals surface area contributed by atoms with E-state index < -0.39 is 18.0 Å². The fraction of sp³-hybridized carbons (Fsp3) is 0.385. The largest absolute Gasteiger partial charge is 0.494 e. The molecule has 2 aromatic heterocycles. The van der Waals surface area contributed by atoms with Crippen LogP contribution in [0.5, 0.6) is 5.75 Å². The Kier molecular flexibility index (Phi) is 7.74. The highest BCUT2D eigenvalue weighted by Gasteiger charge is 2.32. The summed E-state index contributed by atoms with van der Waals surface area (Å²) < 4.78 is 32.6. The first-order valence-electron chi connectivity index (χ1n) is 12.5. The molecule has 1 aliphatic carbocycles. The van der Waals surface area contributed by atoms with Crippen LogP contribution in [0.25, 0.3) is 5.57 Å². The number of pyridine rings is 1. The van der Waals surface area contributed by atoms with Gasteiger partial charge < -0.3 is 15.0 Å². The van der Waals surface area contributed by atoms with Crippen LogP contribution < -0.4 is 15.4 Å². The van der Waals surface area contributed by atoms with Crippen LogP contribution in [0.4, 0.5) is 13.9 Å². The molecule has 2 N–H and O–H groups in total. The van der Waals surface area contributed by atoms with Gasteiger partial charge in [0, 0.05) is 43.6 Å². The van der Waals surface area contributed by atoms with E-state index in [1.165, 1.54) is 30.0 Å². The summed E-state index contributed by atoms with van der Waals surface area (Å²) >= 11 is 1.13. The summed E-state index contributed by atoms with van der Waals surface area (Å²) in [5.41, 5.74) is 0.183. The molecule has 4 heterocycles. The Morgan fingerprint density at radius 3 is 2.75 bits per heavy atom. The van der Waals surface area contributed by atoms with Crippen molar-refractivity contribution < 1.29 is 27.9 Å². The van der Waals surface area contributed by atoms with Gasteiger partial charge in [-0.3, -0.25) is 29.6 Å². The Bertz CT molecular complexity index is 1490. The molecule has 3 amide bonds. The van der Waals surface area contributed by atoms with Crippen LogP contribution in [0.2, 0.25) is 0 Å². The number of aromatic nitrogens is 3. The van der Waals surface area contributed by atoms with E-state index in [0.717, 1.165) is 30.2 Å². The van der Waals surface area contributed by atoms with E-state index in [1.807, 2.05) is 0 Å². The van der Waals surface area contributed by atoms with Crippen molar-refractivity contribution in [1.82, 2.24) is 30.3 Å². The number of rotatable bonds is 6. The van der Waals surface area contributed by atoms with E-state index in [-0.39, 0.29) is 59.0 Å². The topological polar surface area (TPSA) is 130 Å². The van der Waals surface area contributed by atoms with E-state index in [2.05, 4.69) is 37.7 Å². The molecule has 0 atom stereocenters. The molecule has 0 radical (unpaired) electrons. The molecule has 0 spiro atoms. The lowest BCUT2D eigenvalue weighted by Crippen LogP contribution is -2.53. The minimum Gasteiger partial charge on any atom is -0.494 e. The molecule has 14 heteroatoms. The van der Waals surface area contributed by atoms with Gasteiger partial charge in [0.1, 0.15) is 23.8 Å². The monoisotopic (exact) mass is 569 g/mol. The van der Waals surface area contributed by atoms with Gasteiger partial charge in [-0.05, 0) is 36.5 Å². The molecule has 1 saturated carbocycles. The molecule has 0 aromatic carbocycles. The third-order valence-electron chi connectivity index (χ3n) is 6.51. The molecule has 3 aliphatic rings. The highest BCUT2D eigenvalue weighted by Crippen LogP contribution is 2.35. The number of halogens is 2. The third kappa shape index (κ3) is 5.94. The van der Waals surface area contributed by atoms with Gasteiger partial charge in [0.15, 0.2) is 5.01 Å². The van der Waals surface area contributed by atoms with E-state index in [4.69, 9.17) is 4.74 Å². The molecule has 40 heavy (non-hydrogen) atoms. The van der Waals surface area contributed by atoms with Crippen LogP contribution in [-0.4, -0.2) is 76.0 Å². The smallest absolute Gasteiger partial charge is 0.280 e. The predicted octanol–water partition coefficient (Wildman–Crippen LogP) is 2.17. The average molecular weight is 570 g/mol. The Balaban J connectivity index is 1.50. The van der Waals surface area contributed by atoms with Crippen LogP contribution in [0, 0.1) is 17.8 Å². The van der Waals surface area contributed by atoms with Crippen molar-refractivity contribution in [1.29, 1.82) is 0 Å². The first-order chi connectivity index (χ1) is 19.2. The molecule has 5 rings (SSSR count). The van der Waals surface area contributed by atoms with Crippen molar-refractivity contribution in [2.75, 3.05) is 38.6 Å². The fourth-order valence-electron chi connectivity index (χ4n) is 4.20. The normalized spacial score (nSPS) is 17.2. The van der Waals surface area contributed by atoms with E-state index in [1.54, 1.807) is 6.08 Å². The summed E-state index contributed by atoms with van der Waals surface area (Å²) in [5, 5.41) is 14.5. The van der Waals surface area contributed by atoms with Crippen LogP contribution in [0.3, 0.4) is 0 Å². The minimum atomic E-state index is -2.86. The van der Waals surface area contributed by atoms with Gasteiger partial charge in [-0.1, -0.05) is 17.3 Å². The van der Waals surface area contributed by atoms with Gasteiger partial charge in [0.2, 0.25) is 16.9 Å². The van der Waals surface area contributed by atoms with Crippen molar-refractivity contribution in [3.8, 4) is 17.6 Å². The number of allylic oxidation sites excluding steroid dienone is 2. The zero-order valence-corrected chi connectivity index (χ0v) is 22.5. The van der Waals surface area contributed by atoms with Crippen molar-refractivity contribution >= 4 is 39.8 Å². The first-order valence-corrected chi connectivity index (χ1v) is 13.3. The molecule has 208 valence electrons. The molecule has 2 aromatic rings. The van der Waals surface area contributed by atoms with E-state index in [9.17, 15) is 23.2 Å². The van der Waals surface area contributed by atoms with Gasteiger partial charge in [0.05, 0.1) is 13.3 Å². The maximum atomic E-state index is 13.6. The summed E-state index contributed by atoms with van der Waals surface area (Å²) in [6.07, 6.45) is 1.99. The van der Waals surface area contributed by atoms with Crippen molar-refractivity contribution in [3.05, 3.63) is 46.0 Å². The second kappa shape index (κ2) is 11.4. The van der Waals surface area contributed by atoms with Gasteiger partial charge in [0.25, 0.3) is 12.3 Å². The molecule has 0 unspecified atom stereocenters. The summed E-state index contributed by atoms with van der Waals surface area (Å²) in [7, 11) is 1.37. The van der Waals surface area contributed by atoms with E-state index in [0.29, 0.717) is 23.3 Å². The SMILES string of the molecule is COc1cnc(C(F)F)cc1C1=C(C(=O)Nc2nnc(C#CC3CC3)s2)CNC(N2CCN(C(C)=O)CC2=O)=C1. The number of anilines is 1. The number of nitrogens with zero attached hydrogens (tertiary/aromatic N) is 5. The zero-order chi connectivity index (χ0) is 28.4. The molecule has 1 saturated heterocycles. The minimum absolute atomic E-state index is 0.0319. The maximum absolute atomic E-state index is 13.6. The lowest BCUT2D eigenvalue weighted by atomic mass is 9.95. The number of ether oxygens (including phenoxy) is 1. The van der Waals surface area contributed by atoms with Crippen LogP contribution in [0.15, 0.2) is 29.7 Å². The number of alkyl halides is 2. The van der Waals surface area contributed by atoms with Crippen LogP contribution >= 0.6 is 11.3 Å². The highest BCUT2D eigenvalue weighted by atomic mass is 32.1. The van der Waals surface area contributed by atoms with Gasteiger partial charge in [-0.25, -0.2) is 8.78 Å². The number of hydrogen-bond acceptors (Lipinski definition) is 9. The standard InChI is InChI=1S/C26H25F2N7O4S/c1-14(36)34-7-8-35(23(37)13-34)21-10-16(17-9-19(24(27)28)29-12-20(17)39-2)18(11-30-21)25(38)31-26-33-32-22(40-26)6-5-15-3-4-15/h9-10,12,15,24,30H,3-4,7-8,11,13H2,1-2H3,(H,31,33,38). The zero-order valence-electron chi connectivity index (χ0n) is 21.7. The number of amides is 3. The van der Waals surface area contributed by atoms with Crippen LogP contribution in [0.1, 0.15) is 42.5 Å². The summed E-state index contributed by atoms with van der Waals surface area (Å²) in [4.78, 5) is 44.7. The van der Waals surface area contributed by atoms with Gasteiger partial charge in [-0.15, -0.1) is 10.2 Å². The number of dihydropyridines is 1. The predicted molar refractivity (Wildman–Crippen MR) is 141 cm³/mol. The molecule has 0 bridgehead atoms. The molecule has 2 fully saturated rings. The lowest BCUT2D eigenvalue weighted by Gasteiger charge is -2.36. The second-order valence-electron chi connectivity index (χ2n) is 9.28. The maximum Gasteiger partial charge on any atom is 0.280 e. The Hall–Kier alpha value is -4.38. The summed E-state index contributed by atoms with van der Waals surface area (Å²) in [5.74, 6) is 5.89. The quantitative estimate of drug-likeness (QED) is 0.507. The molecular weight excluding hydrogens is 544 g/mol. The lowest BCUT2D eigenvalue weighted by molar-refractivity contribution is -0.142. The van der Waals surface area contributed by atoms with Crippen molar-refractivity contribution in [2.24, 2.45) is 5.92 Å². The van der Waals surface area contributed by atoms with Crippen molar-refractivity contribution in [2.45, 2.75) is 26.2 Å². The first kappa shape index (κ1) is 27.2. The number of carbonyl (C=O) groups excluding carboxylic acids is 3. The summed E-state index contributed by atoms with van der Waals surface area (Å²) in [6.45, 7) is 1.80. The Labute approximate surface area is 232 Å². The fourth-order valence-corrected chi connectivity index (χ4v) is 4.80.